The van der Waals surface area contributed by atoms with Gasteiger partial charge < -0.3 is 15.3 Å². The lowest BCUT2D eigenvalue weighted by molar-refractivity contribution is -0.386. The van der Waals surface area contributed by atoms with Crippen molar-refractivity contribution in [3.8, 4) is 5.75 Å². The number of nitro groups is 1. The summed E-state index contributed by atoms with van der Waals surface area (Å²) in [4.78, 5) is 19.6. The number of aliphatic carboxylic acids is 1. The number of carbonyl (C=O) groups is 1. The summed E-state index contributed by atoms with van der Waals surface area (Å²) in [5.41, 5.74) is -0.775. The van der Waals surface area contributed by atoms with Crippen molar-refractivity contribution in [2.45, 2.75) is 17.4 Å². The van der Waals surface area contributed by atoms with E-state index in [1.165, 1.54) is 0 Å². The molecule has 0 heterocycles. The molecule has 1 aromatic carbocycles. The molecule has 1 aromatic rings. The molecule has 116 valence electrons. The fourth-order valence-electron chi connectivity index (χ4n) is 1.35. The van der Waals surface area contributed by atoms with Crippen molar-refractivity contribution in [2.75, 3.05) is 6.54 Å². The maximum atomic E-state index is 11.8. The summed E-state index contributed by atoms with van der Waals surface area (Å²) in [5, 5.41) is 37.3. The third kappa shape index (κ3) is 4.37. The highest BCUT2D eigenvalue weighted by atomic mass is 32.2. The second-order valence-corrected chi connectivity index (χ2v) is 5.72. The van der Waals surface area contributed by atoms with Crippen molar-refractivity contribution in [1.82, 2.24) is 4.72 Å². The van der Waals surface area contributed by atoms with Crippen LogP contribution in [0.25, 0.3) is 0 Å². The molecule has 0 aliphatic rings. The Morgan fingerprint density at radius 1 is 1.43 bits per heavy atom. The lowest BCUT2D eigenvalue weighted by Gasteiger charge is -2.08. The normalized spacial score (nSPS) is 12.8. The number of sulfonamides is 1. The summed E-state index contributed by atoms with van der Waals surface area (Å²) in [6, 6.07) is 2.49. The number of phenols is 1. The number of aliphatic hydroxyl groups is 1. The average Bonchev–Trinajstić information content (AvgIpc) is 2.38. The van der Waals surface area contributed by atoms with Gasteiger partial charge in [0.25, 0.3) is 0 Å². The number of benzene rings is 1. The SMILES string of the molecule is O=C(O)C(O)CCNS(=O)(=O)c1ccc(O)c([N+](=O)[O-])c1. The number of nitrogens with one attached hydrogen (secondary N) is 1. The summed E-state index contributed by atoms with van der Waals surface area (Å²) in [5.74, 6) is -2.17. The minimum Gasteiger partial charge on any atom is -0.502 e. The van der Waals surface area contributed by atoms with E-state index in [-0.39, 0.29) is 13.0 Å². The first-order valence-corrected chi connectivity index (χ1v) is 7.01. The average molecular weight is 320 g/mol. The fraction of sp³-hybridized carbons (Fsp3) is 0.300. The predicted molar refractivity (Wildman–Crippen MR) is 68.2 cm³/mol. The van der Waals surface area contributed by atoms with Gasteiger partial charge in [-0.05, 0) is 18.6 Å². The number of aromatic hydroxyl groups is 1. The topological polar surface area (TPSA) is 167 Å². The lowest BCUT2D eigenvalue weighted by atomic mass is 10.3. The smallest absolute Gasteiger partial charge is 0.332 e. The molecule has 0 aromatic heterocycles. The van der Waals surface area contributed by atoms with E-state index in [2.05, 4.69) is 0 Å². The van der Waals surface area contributed by atoms with E-state index in [1.807, 2.05) is 4.72 Å². The molecular weight excluding hydrogens is 308 g/mol. The fourth-order valence-corrected chi connectivity index (χ4v) is 2.42. The highest BCUT2D eigenvalue weighted by Crippen LogP contribution is 2.28. The molecule has 0 aliphatic heterocycles. The van der Waals surface area contributed by atoms with Crippen LogP contribution in [0.1, 0.15) is 6.42 Å². The van der Waals surface area contributed by atoms with E-state index in [9.17, 15) is 28.4 Å². The van der Waals surface area contributed by atoms with Gasteiger partial charge in [-0.2, -0.15) is 0 Å². The van der Waals surface area contributed by atoms with Crippen LogP contribution in [-0.2, 0) is 14.8 Å². The molecule has 0 spiro atoms. The lowest BCUT2D eigenvalue weighted by Crippen LogP contribution is -2.30. The van der Waals surface area contributed by atoms with Crippen molar-refractivity contribution in [3.05, 3.63) is 28.3 Å². The maximum Gasteiger partial charge on any atom is 0.332 e. The molecule has 1 rings (SSSR count). The molecule has 10 nitrogen and oxygen atoms in total. The molecule has 11 heteroatoms. The molecule has 0 fully saturated rings. The van der Waals surface area contributed by atoms with Crippen LogP contribution >= 0.6 is 0 Å². The number of carboxylic acids is 1. The first kappa shape index (κ1) is 16.8. The Kier molecular flexibility index (Phi) is 5.18. The third-order valence-electron chi connectivity index (χ3n) is 2.45. The number of phenolic OH excluding ortho intramolecular Hbond substituents is 1. The Labute approximate surface area is 118 Å². The minimum atomic E-state index is -4.12. The number of carboxylic acid groups (broad SMARTS) is 1. The third-order valence-corrected chi connectivity index (χ3v) is 3.91. The van der Waals surface area contributed by atoms with Crippen LogP contribution < -0.4 is 4.72 Å². The molecule has 4 N–H and O–H groups in total. The Morgan fingerprint density at radius 3 is 2.57 bits per heavy atom. The monoisotopic (exact) mass is 320 g/mol. The zero-order valence-electron chi connectivity index (χ0n) is 10.5. The van der Waals surface area contributed by atoms with Crippen LogP contribution in [0.2, 0.25) is 0 Å². The van der Waals surface area contributed by atoms with Gasteiger partial charge >= 0.3 is 11.7 Å². The molecule has 0 radical (unpaired) electrons. The van der Waals surface area contributed by atoms with E-state index in [0.717, 1.165) is 12.1 Å². The van der Waals surface area contributed by atoms with Crippen molar-refractivity contribution in [1.29, 1.82) is 0 Å². The minimum absolute atomic E-state index is 0.366. The summed E-state index contributed by atoms with van der Waals surface area (Å²) >= 11 is 0. The molecule has 0 saturated carbocycles. The van der Waals surface area contributed by atoms with Crippen LogP contribution in [0.4, 0.5) is 5.69 Å². The Bertz CT molecular complexity index is 657. The van der Waals surface area contributed by atoms with Crippen molar-refractivity contribution >= 4 is 21.7 Å². The van der Waals surface area contributed by atoms with Gasteiger partial charge in [-0.15, -0.1) is 0 Å². The number of rotatable bonds is 7. The van der Waals surface area contributed by atoms with E-state index in [1.54, 1.807) is 0 Å². The molecule has 21 heavy (non-hydrogen) atoms. The quantitative estimate of drug-likeness (QED) is 0.382. The van der Waals surface area contributed by atoms with E-state index in [4.69, 9.17) is 10.2 Å². The zero-order valence-corrected chi connectivity index (χ0v) is 11.3. The van der Waals surface area contributed by atoms with Crippen LogP contribution in [0.15, 0.2) is 23.1 Å². The first-order chi connectivity index (χ1) is 9.65. The van der Waals surface area contributed by atoms with Crippen LogP contribution in [0, 0.1) is 10.1 Å². The largest absolute Gasteiger partial charge is 0.502 e. The Morgan fingerprint density at radius 2 is 2.05 bits per heavy atom. The van der Waals surface area contributed by atoms with E-state index >= 15 is 0 Å². The van der Waals surface area contributed by atoms with Crippen molar-refractivity contribution in [3.63, 3.8) is 0 Å². The van der Waals surface area contributed by atoms with Gasteiger partial charge in [0.05, 0.1) is 9.82 Å². The first-order valence-electron chi connectivity index (χ1n) is 5.53. The van der Waals surface area contributed by atoms with Gasteiger partial charge in [0, 0.05) is 12.6 Å². The molecule has 0 saturated heterocycles. The van der Waals surface area contributed by atoms with Gasteiger partial charge in [-0.25, -0.2) is 17.9 Å². The molecule has 0 aliphatic carbocycles. The number of hydrogen-bond donors (Lipinski definition) is 4. The number of nitrogens with zero attached hydrogens (tertiary/aromatic N) is 1. The second kappa shape index (κ2) is 6.47. The van der Waals surface area contributed by atoms with Gasteiger partial charge in [0.15, 0.2) is 11.9 Å². The standard InChI is InChI=1S/C10H12N2O8S/c13-8-2-1-6(5-7(8)12(17)18)21(19,20)11-4-3-9(14)10(15)16/h1-2,5,9,11,13-14H,3-4H2,(H,15,16). The molecule has 0 bridgehead atoms. The predicted octanol–water partition coefficient (Wildman–Crippen LogP) is -0.586. The van der Waals surface area contributed by atoms with Crippen molar-refractivity contribution < 1.29 is 33.5 Å². The highest BCUT2D eigenvalue weighted by molar-refractivity contribution is 7.89. The van der Waals surface area contributed by atoms with E-state index in [0.29, 0.717) is 6.07 Å². The summed E-state index contributed by atoms with van der Waals surface area (Å²) in [7, 11) is -4.12. The summed E-state index contributed by atoms with van der Waals surface area (Å²) in [6.45, 7) is -0.371. The number of hydrogen-bond acceptors (Lipinski definition) is 7. The summed E-state index contributed by atoms with van der Waals surface area (Å²) in [6.07, 6.45) is -2.09. The number of aliphatic hydroxyl groups excluding tert-OH is 1. The Balaban J connectivity index is 2.86. The second-order valence-electron chi connectivity index (χ2n) is 3.95. The molecule has 0 amide bonds. The van der Waals surface area contributed by atoms with Crippen LogP contribution in [0.5, 0.6) is 5.75 Å². The molecule has 1 unspecified atom stereocenters. The van der Waals surface area contributed by atoms with Gasteiger partial charge in [0.2, 0.25) is 10.0 Å². The zero-order chi connectivity index (χ0) is 16.2. The van der Waals surface area contributed by atoms with Crippen LogP contribution in [-0.4, -0.2) is 47.3 Å². The van der Waals surface area contributed by atoms with E-state index < -0.39 is 43.4 Å². The number of nitro benzene ring substituents is 1. The Hall–Kier alpha value is -2.24. The maximum absolute atomic E-state index is 11.8. The summed E-state index contributed by atoms with van der Waals surface area (Å²) < 4.78 is 25.6. The van der Waals surface area contributed by atoms with Gasteiger partial charge in [0.1, 0.15) is 0 Å². The van der Waals surface area contributed by atoms with Gasteiger partial charge in [-0.3, -0.25) is 10.1 Å². The van der Waals surface area contributed by atoms with Gasteiger partial charge in [-0.1, -0.05) is 0 Å². The van der Waals surface area contributed by atoms with Crippen molar-refractivity contribution in [2.24, 2.45) is 0 Å². The van der Waals surface area contributed by atoms with Crippen LogP contribution in [0.3, 0.4) is 0 Å². The molecule has 1 atom stereocenters. The molecular formula is C10H12N2O8S. The highest BCUT2D eigenvalue weighted by Gasteiger charge is 2.21.